The van der Waals surface area contributed by atoms with E-state index in [0.717, 1.165) is 10.2 Å². The highest BCUT2D eigenvalue weighted by atomic mass is 79.9. The number of aromatic nitrogens is 1. The Morgan fingerprint density at radius 1 is 1.52 bits per heavy atom. The number of carbonyl (C=O) groups is 1. The summed E-state index contributed by atoms with van der Waals surface area (Å²) in [6.45, 7) is 2.53. The van der Waals surface area contributed by atoms with Gasteiger partial charge in [0.15, 0.2) is 0 Å². The largest absolute Gasteiger partial charge is 0.465 e. The van der Waals surface area contributed by atoms with Crippen molar-refractivity contribution in [3.8, 4) is 0 Å². The van der Waals surface area contributed by atoms with Crippen molar-refractivity contribution in [2.45, 2.75) is 31.5 Å². The van der Waals surface area contributed by atoms with Crippen molar-refractivity contribution >= 4 is 22.0 Å². The zero-order valence-corrected chi connectivity index (χ0v) is 13.6. The number of piperidine rings is 1. The number of amides is 1. The van der Waals surface area contributed by atoms with Crippen LogP contribution in [0.4, 0.5) is 4.79 Å². The molecule has 2 N–H and O–H groups in total. The minimum atomic E-state index is -1.03. The average molecular weight is 359 g/mol. The second-order valence-electron chi connectivity index (χ2n) is 5.27. The van der Waals surface area contributed by atoms with Gasteiger partial charge in [0.2, 0.25) is 0 Å². The van der Waals surface area contributed by atoms with Gasteiger partial charge in [0.1, 0.15) is 0 Å². The second-order valence-corrected chi connectivity index (χ2v) is 6.12. The maximum atomic E-state index is 10.9. The molecule has 1 saturated heterocycles. The molecule has 1 amide bonds. The molecule has 116 valence electrons. The SMILES string of the molecule is CO[C@@H](C)c1ncc(C2(O)CCN(C(=O)O)CC2)cc1Br. The molecule has 0 radical (unpaired) electrons. The van der Waals surface area contributed by atoms with E-state index in [0.29, 0.717) is 31.5 Å². The first-order chi connectivity index (χ1) is 9.87. The summed E-state index contributed by atoms with van der Waals surface area (Å²) < 4.78 is 6.02. The Hall–Kier alpha value is -1.18. The van der Waals surface area contributed by atoms with Crippen LogP contribution in [-0.4, -0.2) is 46.4 Å². The minimum absolute atomic E-state index is 0.142. The third kappa shape index (κ3) is 3.36. The number of rotatable bonds is 3. The Bertz CT molecular complexity index is 530. The molecule has 1 aromatic rings. The van der Waals surface area contributed by atoms with Gasteiger partial charge in [-0.2, -0.15) is 0 Å². The zero-order chi connectivity index (χ0) is 15.6. The first-order valence-corrected chi connectivity index (χ1v) is 7.55. The van der Waals surface area contributed by atoms with Crippen LogP contribution < -0.4 is 0 Å². The van der Waals surface area contributed by atoms with Gasteiger partial charge in [0.25, 0.3) is 0 Å². The molecule has 1 atom stereocenters. The number of likely N-dealkylation sites (tertiary alicyclic amines) is 1. The van der Waals surface area contributed by atoms with Gasteiger partial charge in [0, 0.05) is 36.4 Å². The number of nitrogens with zero attached hydrogens (tertiary/aromatic N) is 2. The predicted molar refractivity (Wildman–Crippen MR) is 80.1 cm³/mol. The first-order valence-electron chi connectivity index (χ1n) is 6.76. The number of halogens is 1. The highest BCUT2D eigenvalue weighted by Gasteiger charge is 2.36. The van der Waals surface area contributed by atoms with E-state index in [9.17, 15) is 9.90 Å². The number of carboxylic acid groups (broad SMARTS) is 1. The van der Waals surface area contributed by atoms with Crippen molar-refractivity contribution in [3.05, 3.63) is 28.0 Å². The highest BCUT2D eigenvalue weighted by molar-refractivity contribution is 9.10. The van der Waals surface area contributed by atoms with Crippen LogP contribution in [0.2, 0.25) is 0 Å². The third-order valence-electron chi connectivity index (χ3n) is 4.01. The van der Waals surface area contributed by atoms with E-state index in [1.165, 1.54) is 4.90 Å². The van der Waals surface area contributed by atoms with Crippen LogP contribution in [-0.2, 0) is 10.3 Å². The van der Waals surface area contributed by atoms with Gasteiger partial charge in [-0.1, -0.05) is 0 Å². The Labute approximate surface area is 131 Å². The molecule has 0 bridgehead atoms. The lowest BCUT2D eigenvalue weighted by Gasteiger charge is -2.37. The summed E-state index contributed by atoms with van der Waals surface area (Å²) in [6.07, 6.45) is 1.29. The van der Waals surface area contributed by atoms with E-state index in [-0.39, 0.29) is 6.10 Å². The zero-order valence-electron chi connectivity index (χ0n) is 12.0. The van der Waals surface area contributed by atoms with Gasteiger partial charge in [-0.15, -0.1) is 0 Å². The molecule has 21 heavy (non-hydrogen) atoms. The lowest BCUT2D eigenvalue weighted by Crippen LogP contribution is -2.44. The van der Waals surface area contributed by atoms with E-state index >= 15 is 0 Å². The topological polar surface area (TPSA) is 82.9 Å². The normalized spacial score (nSPS) is 19.3. The Kier molecular flexibility index (Phi) is 4.85. The lowest BCUT2D eigenvalue weighted by atomic mass is 9.85. The molecule has 2 rings (SSSR count). The molecule has 2 heterocycles. The molecule has 0 aliphatic carbocycles. The number of methoxy groups -OCH3 is 1. The number of pyridine rings is 1. The molecule has 1 aliphatic rings. The smallest absolute Gasteiger partial charge is 0.407 e. The van der Waals surface area contributed by atoms with Gasteiger partial charge < -0.3 is 19.8 Å². The van der Waals surface area contributed by atoms with E-state index in [4.69, 9.17) is 9.84 Å². The predicted octanol–water partition coefficient (Wildman–Crippen LogP) is 2.51. The molecular formula is C14H19BrN2O4. The average Bonchev–Trinajstić information content (AvgIpc) is 2.46. The molecule has 0 unspecified atom stereocenters. The van der Waals surface area contributed by atoms with Crippen LogP contribution in [0.25, 0.3) is 0 Å². The van der Waals surface area contributed by atoms with E-state index in [2.05, 4.69) is 20.9 Å². The van der Waals surface area contributed by atoms with Crippen molar-refractivity contribution in [1.29, 1.82) is 0 Å². The lowest BCUT2D eigenvalue weighted by molar-refractivity contribution is -0.0217. The molecule has 1 aliphatic heterocycles. The van der Waals surface area contributed by atoms with Crippen LogP contribution >= 0.6 is 15.9 Å². The van der Waals surface area contributed by atoms with Gasteiger partial charge in [-0.05, 0) is 41.8 Å². The maximum Gasteiger partial charge on any atom is 0.407 e. The molecule has 1 fully saturated rings. The highest BCUT2D eigenvalue weighted by Crippen LogP contribution is 2.35. The molecule has 1 aromatic heterocycles. The van der Waals surface area contributed by atoms with Gasteiger partial charge in [-0.25, -0.2) is 4.79 Å². The van der Waals surface area contributed by atoms with Gasteiger partial charge in [-0.3, -0.25) is 4.98 Å². The molecule has 0 aromatic carbocycles. The van der Waals surface area contributed by atoms with Gasteiger partial charge in [0.05, 0.1) is 17.4 Å². The standard InChI is InChI=1S/C14H19BrN2O4/c1-9(21-2)12-11(15)7-10(8-16-12)14(20)3-5-17(6-4-14)13(18)19/h7-9,20H,3-6H2,1-2H3,(H,18,19)/t9-/m0/s1. The Morgan fingerprint density at radius 3 is 2.62 bits per heavy atom. The van der Waals surface area contributed by atoms with E-state index in [1.54, 1.807) is 13.3 Å². The minimum Gasteiger partial charge on any atom is -0.465 e. The van der Waals surface area contributed by atoms with Crippen LogP contribution in [0.3, 0.4) is 0 Å². The van der Waals surface area contributed by atoms with Crippen LogP contribution in [0.5, 0.6) is 0 Å². The molecule has 0 spiro atoms. The summed E-state index contributed by atoms with van der Waals surface area (Å²) in [5, 5.41) is 19.7. The fraction of sp³-hybridized carbons (Fsp3) is 0.571. The molecule has 0 saturated carbocycles. The second kappa shape index (κ2) is 6.29. The van der Waals surface area contributed by atoms with Crippen LogP contribution in [0.15, 0.2) is 16.7 Å². The monoisotopic (exact) mass is 358 g/mol. The summed E-state index contributed by atoms with van der Waals surface area (Å²) in [6, 6.07) is 1.84. The fourth-order valence-electron chi connectivity index (χ4n) is 2.47. The van der Waals surface area contributed by atoms with Crippen molar-refractivity contribution in [1.82, 2.24) is 9.88 Å². The molecule has 7 heteroatoms. The van der Waals surface area contributed by atoms with E-state index < -0.39 is 11.7 Å². The van der Waals surface area contributed by atoms with Crippen LogP contribution in [0, 0.1) is 0 Å². The van der Waals surface area contributed by atoms with Crippen molar-refractivity contribution in [2.24, 2.45) is 0 Å². The van der Waals surface area contributed by atoms with Crippen molar-refractivity contribution < 1.29 is 19.7 Å². The molecular weight excluding hydrogens is 340 g/mol. The van der Waals surface area contributed by atoms with Crippen LogP contribution in [0.1, 0.15) is 37.1 Å². The summed E-state index contributed by atoms with van der Waals surface area (Å²) in [7, 11) is 1.61. The number of hydrogen-bond acceptors (Lipinski definition) is 4. The summed E-state index contributed by atoms with van der Waals surface area (Å²) in [4.78, 5) is 16.6. The Balaban J connectivity index is 2.19. The fourth-order valence-corrected chi connectivity index (χ4v) is 3.14. The number of hydrogen-bond donors (Lipinski definition) is 2. The Morgan fingerprint density at radius 2 is 2.14 bits per heavy atom. The summed E-state index contributed by atoms with van der Waals surface area (Å²) >= 11 is 3.46. The van der Waals surface area contributed by atoms with Gasteiger partial charge >= 0.3 is 6.09 Å². The number of aliphatic hydroxyl groups is 1. The maximum absolute atomic E-state index is 10.9. The van der Waals surface area contributed by atoms with Crippen molar-refractivity contribution in [2.75, 3.05) is 20.2 Å². The number of ether oxygens (including phenoxy) is 1. The summed E-state index contributed by atoms with van der Waals surface area (Å²) in [5.41, 5.74) is 0.440. The quantitative estimate of drug-likeness (QED) is 0.867. The van der Waals surface area contributed by atoms with Crippen molar-refractivity contribution in [3.63, 3.8) is 0 Å². The first kappa shape index (κ1) is 16.2. The third-order valence-corrected chi connectivity index (χ3v) is 4.64. The molecule has 6 nitrogen and oxygen atoms in total. The van der Waals surface area contributed by atoms with E-state index in [1.807, 2.05) is 13.0 Å². The summed E-state index contributed by atoms with van der Waals surface area (Å²) in [5.74, 6) is 0.